The Morgan fingerprint density at radius 1 is 0.842 bits per heavy atom. The van der Waals surface area contributed by atoms with Gasteiger partial charge in [0.2, 0.25) is 0 Å². The molecule has 0 aromatic heterocycles. The first-order valence-electron chi connectivity index (χ1n) is 4.33. The first kappa shape index (κ1) is 20.7. The van der Waals surface area contributed by atoms with Gasteiger partial charge in [-0.25, -0.2) is 0 Å². The van der Waals surface area contributed by atoms with Crippen molar-refractivity contribution in [2.75, 3.05) is 28.2 Å². The molecule has 4 nitrogen and oxygen atoms in total. The fourth-order valence-corrected chi connectivity index (χ4v) is 0.767. The van der Waals surface area contributed by atoms with Gasteiger partial charge in [-0.05, 0) is 0 Å². The molecular formula is C7H13F7NO3S+. The maximum absolute atomic E-state index is 11.9. The first-order chi connectivity index (χ1) is 7.75. The third-order valence-corrected chi connectivity index (χ3v) is 1.95. The highest BCUT2D eigenvalue weighted by atomic mass is 32.2. The minimum atomic E-state index is -6.85. The molecule has 0 rings (SSSR count). The van der Waals surface area contributed by atoms with Gasteiger partial charge in [0.25, 0.3) is 0 Å². The zero-order valence-corrected chi connectivity index (χ0v) is 11.1. The van der Waals surface area contributed by atoms with Gasteiger partial charge in [0.15, 0.2) is 0 Å². The minimum absolute atomic E-state index is 1.00. The van der Waals surface area contributed by atoms with Crippen LogP contribution in [0.15, 0.2) is 0 Å². The second kappa shape index (κ2) is 5.40. The number of rotatable bonds is 2. The Hall–Kier alpha value is -0.620. The van der Waals surface area contributed by atoms with Gasteiger partial charge in [0.1, 0.15) is 0 Å². The lowest BCUT2D eigenvalue weighted by atomic mass is 10.3. The van der Waals surface area contributed by atoms with Crippen LogP contribution in [0.5, 0.6) is 0 Å². The van der Waals surface area contributed by atoms with E-state index in [9.17, 15) is 39.2 Å². The molecule has 0 fully saturated rings. The molecule has 118 valence electrons. The molecule has 0 unspecified atom stereocenters. The van der Waals surface area contributed by atoms with Gasteiger partial charge in [-0.15, -0.1) is 0 Å². The largest absolute Gasteiger partial charge is 0.461 e. The summed E-state index contributed by atoms with van der Waals surface area (Å²) in [6.07, 6.45) is -6.79. The van der Waals surface area contributed by atoms with Gasteiger partial charge in [-0.2, -0.15) is 39.2 Å². The first-order valence-corrected chi connectivity index (χ1v) is 5.77. The summed E-state index contributed by atoms with van der Waals surface area (Å²) in [5.41, 5.74) is 0. The third kappa shape index (κ3) is 5.91. The molecule has 0 saturated heterocycles. The van der Waals surface area contributed by atoms with E-state index in [0.717, 1.165) is 4.48 Å². The summed E-state index contributed by atoms with van der Waals surface area (Å²) in [4.78, 5) is 0. The van der Waals surface area contributed by atoms with Crippen molar-refractivity contribution in [3.8, 4) is 0 Å². The summed E-state index contributed by atoms with van der Waals surface area (Å²) in [5.74, 6) is -6.85. The fraction of sp³-hybridized carbons (Fsp3) is 1.00. The summed E-state index contributed by atoms with van der Waals surface area (Å²) in [6, 6.07) is 0. The molecule has 0 aliphatic rings. The fourth-order valence-electron chi connectivity index (χ4n) is 0.327. The van der Waals surface area contributed by atoms with Crippen LogP contribution in [-0.2, 0) is 10.1 Å². The molecule has 0 radical (unpaired) electrons. The number of hydrogen-bond acceptors (Lipinski definition) is 2. The van der Waals surface area contributed by atoms with Crippen LogP contribution in [0.3, 0.4) is 0 Å². The van der Waals surface area contributed by atoms with Gasteiger partial charge in [-0.3, -0.25) is 4.55 Å². The molecule has 0 aromatic rings. The second-order valence-corrected chi connectivity index (χ2v) is 6.21. The Morgan fingerprint density at radius 2 is 1.05 bits per heavy atom. The Labute approximate surface area is 105 Å². The van der Waals surface area contributed by atoms with Crippen LogP contribution >= 0.6 is 0 Å². The molecule has 0 aromatic carbocycles. The van der Waals surface area contributed by atoms with Crippen LogP contribution < -0.4 is 0 Å². The van der Waals surface area contributed by atoms with Crippen LogP contribution in [-0.4, -0.2) is 63.0 Å². The van der Waals surface area contributed by atoms with E-state index in [4.69, 9.17) is 4.55 Å². The lowest BCUT2D eigenvalue weighted by Gasteiger charge is -2.25. The van der Waals surface area contributed by atoms with E-state index in [0.29, 0.717) is 0 Å². The summed E-state index contributed by atoms with van der Waals surface area (Å²) in [7, 11) is 1.65. The van der Waals surface area contributed by atoms with Crippen LogP contribution in [0.2, 0.25) is 0 Å². The van der Waals surface area contributed by atoms with E-state index in [1.54, 1.807) is 0 Å². The molecule has 0 aliphatic heterocycles. The highest BCUT2D eigenvalue weighted by Gasteiger charge is 2.78. The zero-order chi connectivity index (χ0) is 16.5. The number of nitrogens with zero attached hydrogens (tertiary/aromatic N) is 1. The number of halogens is 7. The molecule has 12 heteroatoms. The summed E-state index contributed by atoms with van der Waals surface area (Å²) >= 11 is 0. The van der Waals surface area contributed by atoms with E-state index < -0.39 is 27.5 Å². The van der Waals surface area contributed by atoms with E-state index in [2.05, 4.69) is 28.2 Å². The predicted octanol–water partition coefficient (Wildman–Crippen LogP) is 1.99. The van der Waals surface area contributed by atoms with Crippen LogP contribution in [0.4, 0.5) is 30.7 Å². The van der Waals surface area contributed by atoms with Crippen LogP contribution in [0.25, 0.3) is 0 Å². The maximum atomic E-state index is 11.9. The molecule has 0 heterocycles. The van der Waals surface area contributed by atoms with Crippen LogP contribution in [0.1, 0.15) is 0 Å². The summed E-state index contributed by atoms with van der Waals surface area (Å²) in [5, 5.41) is -6.61. The van der Waals surface area contributed by atoms with Gasteiger partial charge < -0.3 is 4.48 Å². The average Bonchev–Trinajstić information content (AvgIpc) is 1.95. The molecular weight excluding hydrogens is 311 g/mol. The number of quaternary nitrogens is 1. The normalized spacial score (nSPS) is 14.7. The molecule has 0 saturated carbocycles. The predicted molar refractivity (Wildman–Crippen MR) is 51.5 cm³/mol. The molecule has 0 aliphatic carbocycles. The zero-order valence-electron chi connectivity index (χ0n) is 10.3. The van der Waals surface area contributed by atoms with Crippen molar-refractivity contribution >= 4 is 10.1 Å². The van der Waals surface area contributed by atoms with E-state index in [1.807, 2.05) is 0 Å². The Morgan fingerprint density at radius 3 is 1.11 bits per heavy atom. The third-order valence-electron chi connectivity index (χ3n) is 1.05. The maximum Gasteiger partial charge on any atom is 0.461 e. The van der Waals surface area contributed by atoms with Crippen molar-refractivity contribution in [1.82, 2.24) is 0 Å². The van der Waals surface area contributed by atoms with Gasteiger partial charge in [0.05, 0.1) is 28.2 Å². The molecule has 0 spiro atoms. The SMILES string of the molecule is C[N+](C)(C)C.O=S(=O)(O)C(F)(F)C(F)(F)C(F)(F)F. The Balaban J connectivity index is 0. The van der Waals surface area contributed by atoms with Crippen LogP contribution in [0, 0.1) is 0 Å². The van der Waals surface area contributed by atoms with Crippen molar-refractivity contribution in [2.45, 2.75) is 17.4 Å². The minimum Gasteiger partial charge on any atom is -0.333 e. The van der Waals surface area contributed by atoms with Crippen molar-refractivity contribution in [3.05, 3.63) is 0 Å². The quantitative estimate of drug-likeness (QED) is 0.480. The van der Waals surface area contributed by atoms with Gasteiger partial charge >= 0.3 is 27.5 Å². The lowest BCUT2D eigenvalue weighted by Crippen LogP contribution is -2.55. The molecule has 0 bridgehead atoms. The number of alkyl halides is 7. The molecule has 0 amide bonds. The monoisotopic (exact) mass is 324 g/mol. The van der Waals surface area contributed by atoms with E-state index in [1.165, 1.54) is 0 Å². The second-order valence-electron chi connectivity index (χ2n) is 4.75. The highest BCUT2D eigenvalue weighted by Crippen LogP contribution is 2.48. The topological polar surface area (TPSA) is 54.4 Å². The number of hydrogen-bond donors (Lipinski definition) is 1. The standard InChI is InChI=1S/C4H12N.C3HF7O3S/c1-5(2,3)4;4-1(5,2(6,7)8)3(9,10)14(11,12)13/h1-4H3;(H,11,12,13)/q+1;. The smallest absolute Gasteiger partial charge is 0.333 e. The molecule has 19 heavy (non-hydrogen) atoms. The van der Waals surface area contributed by atoms with E-state index in [-0.39, 0.29) is 0 Å². The van der Waals surface area contributed by atoms with Crippen molar-refractivity contribution in [1.29, 1.82) is 0 Å². The van der Waals surface area contributed by atoms with Crippen molar-refractivity contribution in [3.63, 3.8) is 0 Å². The lowest BCUT2D eigenvalue weighted by molar-refractivity contribution is -0.849. The van der Waals surface area contributed by atoms with E-state index >= 15 is 0 Å². The molecule has 1 N–H and O–H groups in total. The highest BCUT2D eigenvalue weighted by molar-refractivity contribution is 7.87. The summed E-state index contributed by atoms with van der Waals surface area (Å²) < 4.78 is 109. The Kier molecular flexibility index (Phi) is 5.88. The van der Waals surface area contributed by atoms with Crippen molar-refractivity contribution in [2.24, 2.45) is 0 Å². The van der Waals surface area contributed by atoms with Gasteiger partial charge in [-0.1, -0.05) is 0 Å². The average molecular weight is 324 g/mol. The van der Waals surface area contributed by atoms with Gasteiger partial charge in [0, 0.05) is 0 Å². The Bertz CT molecular complexity index is 390. The van der Waals surface area contributed by atoms with Crippen molar-refractivity contribution < 1.29 is 48.2 Å². The summed E-state index contributed by atoms with van der Waals surface area (Å²) in [6.45, 7) is 0. The molecule has 0 atom stereocenters.